The van der Waals surface area contributed by atoms with E-state index < -0.39 is 35.2 Å². The minimum Gasteiger partial charge on any atom is -0.371 e. The number of nitrogens with one attached hydrogen (secondary N) is 3. The highest BCUT2D eigenvalue weighted by atomic mass is 19.4. The molecule has 0 saturated carbocycles. The number of carbonyl (C=O) groups excluding carboxylic acids is 2. The number of urea groups is 1. The Balaban J connectivity index is 1.85. The van der Waals surface area contributed by atoms with Crippen LogP contribution in [0.25, 0.3) is 0 Å². The predicted octanol–water partition coefficient (Wildman–Crippen LogP) is 6.74. The molecule has 0 bridgehead atoms. The van der Waals surface area contributed by atoms with Gasteiger partial charge in [0.15, 0.2) is 0 Å². The Morgan fingerprint density at radius 1 is 0.865 bits per heavy atom. The Morgan fingerprint density at radius 2 is 1.41 bits per heavy atom. The highest BCUT2D eigenvalue weighted by molar-refractivity contribution is 6.04. The number of nitrogens with zero attached hydrogens (tertiary/aromatic N) is 1. The molecule has 6 nitrogen and oxygen atoms in total. The SMILES string of the molecule is CC1CCN(c2ccc(NC(=O)Nc3cc(C(F)(F)F)cc(C(F)(F)F)c3)cc2C(=O)NC(C)C)CC1. The van der Waals surface area contributed by atoms with Crippen LogP contribution in [0.2, 0.25) is 0 Å². The van der Waals surface area contributed by atoms with E-state index in [9.17, 15) is 35.9 Å². The van der Waals surface area contributed by atoms with Gasteiger partial charge in [-0.25, -0.2) is 4.79 Å². The molecule has 1 heterocycles. The minimum atomic E-state index is -5.05. The summed E-state index contributed by atoms with van der Waals surface area (Å²) in [7, 11) is 0. The molecular weight excluding hydrogens is 502 g/mol. The molecule has 2 aromatic carbocycles. The molecule has 3 N–H and O–H groups in total. The zero-order valence-corrected chi connectivity index (χ0v) is 20.5. The molecule has 0 unspecified atom stereocenters. The van der Waals surface area contributed by atoms with Crippen LogP contribution >= 0.6 is 0 Å². The average molecular weight is 531 g/mol. The fourth-order valence-corrected chi connectivity index (χ4v) is 3.98. The minimum absolute atomic E-state index is 0.0250. The molecule has 1 saturated heterocycles. The lowest BCUT2D eigenvalue weighted by Crippen LogP contribution is -2.36. The van der Waals surface area contributed by atoms with Gasteiger partial charge in [-0.3, -0.25) is 4.79 Å². The number of alkyl halides is 6. The molecule has 3 rings (SSSR count). The first-order chi connectivity index (χ1) is 17.1. The summed E-state index contributed by atoms with van der Waals surface area (Å²) < 4.78 is 78.6. The van der Waals surface area contributed by atoms with Crippen molar-refractivity contribution in [2.75, 3.05) is 28.6 Å². The molecule has 1 fully saturated rings. The maximum absolute atomic E-state index is 13.1. The lowest BCUT2D eigenvalue weighted by molar-refractivity contribution is -0.143. The third-order valence-corrected chi connectivity index (χ3v) is 5.89. The second-order valence-electron chi connectivity index (χ2n) is 9.40. The lowest BCUT2D eigenvalue weighted by Gasteiger charge is -2.33. The maximum Gasteiger partial charge on any atom is 0.416 e. The summed E-state index contributed by atoms with van der Waals surface area (Å²) in [4.78, 5) is 27.5. The van der Waals surface area contributed by atoms with Gasteiger partial charge in [0.25, 0.3) is 5.91 Å². The van der Waals surface area contributed by atoms with Gasteiger partial charge in [0, 0.05) is 36.2 Å². The predicted molar refractivity (Wildman–Crippen MR) is 129 cm³/mol. The molecule has 12 heteroatoms. The van der Waals surface area contributed by atoms with Crippen molar-refractivity contribution in [2.24, 2.45) is 5.92 Å². The molecular formula is C25H28F6N4O2. The van der Waals surface area contributed by atoms with E-state index in [2.05, 4.69) is 22.5 Å². The Morgan fingerprint density at radius 3 is 1.92 bits per heavy atom. The van der Waals surface area contributed by atoms with E-state index in [1.165, 1.54) is 12.1 Å². The van der Waals surface area contributed by atoms with Crippen molar-refractivity contribution in [2.45, 2.75) is 52.0 Å². The summed E-state index contributed by atoms with van der Waals surface area (Å²) in [5, 5.41) is 7.20. The highest BCUT2D eigenvalue weighted by Gasteiger charge is 2.37. The molecule has 202 valence electrons. The van der Waals surface area contributed by atoms with Crippen molar-refractivity contribution in [3.05, 3.63) is 53.1 Å². The lowest BCUT2D eigenvalue weighted by atomic mass is 9.97. The van der Waals surface area contributed by atoms with Crippen LogP contribution in [0.15, 0.2) is 36.4 Å². The van der Waals surface area contributed by atoms with Gasteiger partial charge in [-0.05, 0) is 69.0 Å². The Bertz CT molecular complexity index is 1110. The molecule has 0 aliphatic carbocycles. The Labute approximate surface area is 210 Å². The number of benzene rings is 2. The molecule has 0 atom stereocenters. The first-order valence-electron chi connectivity index (χ1n) is 11.7. The van der Waals surface area contributed by atoms with Gasteiger partial charge in [-0.2, -0.15) is 26.3 Å². The number of carbonyl (C=O) groups is 2. The Hall–Kier alpha value is -3.44. The molecule has 1 aliphatic rings. The summed E-state index contributed by atoms with van der Waals surface area (Å²) in [6.45, 7) is 7.22. The van der Waals surface area contributed by atoms with E-state index in [1.807, 2.05) is 5.32 Å². The van der Waals surface area contributed by atoms with Crippen LogP contribution in [-0.2, 0) is 12.4 Å². The smallest absolute Gasteiger partial charge is 0.371 e. The zero-order chi connectivity index (χ0) is 27.5. The van der Waals surface area contributed by atoms with Gasteiger partial charge in [0.2, 0.25) is 0 Å². The summed E-state index contributed by atoms with van der Waals surface area (Å²) in [5.74, 6) is 0.183. The summed E-state index contributed by atoms with van der Waals surface area (Å²) in [5.41, 5.74) is -2.68. The van der Waals surface area contributed by atoms with Crippen LogP contribution in [-0.4, -0.2) is 31.1 Å². The van der Waals surface area contributed by atoms with Crippen LogP contribution in [0, 0.1) is 5.92 Å². The monoisotopic (exact) mass is 530 g/mol. The molecule has 0 aromatic heterocycles. The molecule has 37 heavy (non-hydrogen) atoms. The van der Waals surface area contributed by atoms with Gasteiger partial charge in [0.05, 0.1) is 16.7 Å². The van der Waals surface area contributed by atoms with Gasteiger partial charge >= 0.3 is 18.4 Å². The molecule has 2 aromatic rings. The second-order valence-corrected chi connectivity index (χ2v) is 9.40. The van der Waals surface area contributed by atoms with Crippen LogP contribution < -0.4 is 20.9 Å². The van der Waals surface area contributed by atoms with Gasteiger partial charge in [-0.15, -0.1) is 0 Å². The second kappa shape index (κ2) is 10.9. The quantitative estimate of drug-likeness (QED) is 0.375. The highest BCUT2D eigenvalue weighted by Crippen LogP contribution is 2.37. The third kappa shape index (κ3) is 7.53. The number of anilines is 3. The van der Waals surface area contributed by atoms with Crippen molar-refractivity contribution in [3.63, 3.8) is 0 Å². The molecule has 0 radical (unpaired) electrons. The fourth-order valence-electron chi connectivity index (χ4n) is 3.98. The van der Waals surface area contributed by atoms with E-state index in [-0.39, 0.29) is 23.7 Å². The number of amides is 3. The molecule has 1 aliphatic heterocycles. The number of rotatable bonds is 5. The van der Waals surface area contributed by atoms with Gasteiger partial charge in [0.1, 0.15) is 0 Å². The third-order valence-electron chi connectivity index (χ3n) is 5.89. The van der Waals surface area contributed by atoms with Crippen molar-refractivity contribution in [3.8, 4) is 0 Å². The number of hydrogen-bond donors (Lipinski definition) is 3. The standard InChI is InChI=1S/C25H28F6N4O2/c1-14(2)32-22(36)20-13-18(4-5-21(20)35-8-6-15(3)7-9-35)33-23(37)34-19-11-16(24(26,27)28)10-17(12-19)25(29,30)31/h4-5,10-15H,6-9H2,1-3H3,(H,32,36)(H2,33,34,37). The van der Waals surface area contributed by atoms with Crippen molar-refractivity contribution in [1.82, 2.24) is 5.32 Å². The van der Waals surface area contributed by atoms with E-state index in [0.717, 1.165) is 25.9 Å². The van der Waals surface area contributed by atoms with Gasteiger partial charge < -0.3 is 20.9 Å². The zero-order valence-electron chi connectivity index (χ0n) is 20.5. The maximum atomic E-state index is 13.1. The summed E-state index contributed by atoms with van der Waals surface area (Å²) in [6, 6.07) is 4.18. The van der Waals surface area contributed by atoms with E-state index in [1.54, 1.807) is 19.9 Å². The topological polar surface area (TPSA) is 73.5 Å². The van der Waals surface area contributed by atoms with Crippen LogP contribution in [0.4, 0.5) is 48.2 Å². The van der Waals surface area contributed by atoms with E-state index in [4.69, 9.17) is 0 Å². The average Bonchev–Trinajstić information content (AvgIpc) is 2.78. The normalized spacial score (nSPS) is 15.0. The van der Waals surface area contributed by atoms with Crippen LogP contribution in [0.3, 0.4) is 0 Å². The fraction of sp³-hybridized carbons (Fsp3) is 0.440. The van der Waals surface area contributed by atoms with E-state index >= 15 is 0 Å². The number of piperidine rings is 1. The summed E-state index contributed by atoms with van der Waals surface area (Å²) in [6.07, 6.45) is -8.20. The van der Waals surface area contributed by atoms with Crippen LogP contribution in [0.1, 0.15) is 55.1 Å². The van der Waals surface area contributed by atoms with Crippen molar-refractivity contribution < 1.29 is 35.9 Å². The largest absolute Gasteiger partial charge is 0.416 e. The first-order valence-corrected chi connectivity index (χ1v) is 11.7. The number of hydrogen-bond acceptors (Lipinski definition) is 3. The van der Waals surface area contributed by atoms with Crippen molar-refractivity contribution in [1.29, 1.82) is 0 Å². The first kappa shape index (κ1) is 28.1. The van der Waals surface area contributed by atoms with E-state index in [0.29, 0.717) is 29.3 Å². The van der Waals surface area contributed by atoms with Crippen molar-refractivity contribution >= 4 is 29.0 Å². The van der Waals surface area contributed by atoms with Gasteiger partial charge in [-0.1, -0.05) is 6.92 Å². The molecule has 0 spiro atoms. The Kier molecular flexibility index (Phi) is 8.28. The van der Waals surface area contributed by atoms with Crippen LogP contribution in [0.5, 0.6) is 0 Å². The molecule has 3 amide bonds. The number of halogens is 6. The summed E-state index contributed by atoms with van der Waals surface area (Å²) >= 11 is 0.